The van der Waals surface area contributed by atoms with E-state index in [2.05, 4.69) is 6.58 Å². The maximum Gasteiger partial charge on any atom is 0.242 e. The molecule has 0 bridgehead atoms. The van der Waals surface area contributed by atoms with E-state index in [9.17, 15) is 4.89 Å². The van der Waals surface area contributed by atoms with Gasteiger partial charge in [0, 0.05) is 0 Å². The average Bonchev–Trinajstić information content (AvgIpc) is 2.55. The summed E-state index contributed by atoms with van der Waals surface area (Å²) < 4.78 is 10.7. The number of allylic oxidation sites excluding steroid dienone is 1. The Balaban J connectivity index is 2.02. The van der Waals surface area contributed by atoms with Gasteiger partial charge < -0.3 is 4.89 Å². The maximum atomic E-state index is 12.3. The van der Waals surface area contributed by atoms with Gasteiger partial charge in [0.25, 0.3) is 0 Å². The van der Waals surface area contributed by atoms with Gasteiger partial charge in [-0.05, 0) is 24.0 Å². The molecule has 1 aromatic rings. The molecule has 92 valence electrons. The van der Waals surface area contributed by atoms with Crippen molar-refractivity contribution >= 4 is 13.5 Å². The Hall–Kier alpha value is -0.730. The SMILES string of the molecule is C=C(C[P+]1([O-])OCCCCO1)c1ccccc1. The second-order valence-electron chi connectivity index (χ2n) is 4.11. The van der Waals surface area contributed by atoms with Crippen LogP contribution in [0.3, 0.4) is 0 Å². The highest BCUT2D eigenvalue weighted by Crippen LogP contribution is 2.55. The van der Waals surface area contributed by atoms with Crippen LogP contribution in [0.4, 0.5) is 0 Å². The lowest BCUT2D eigenvalue weighted by atomic mass is 10.1. The van der Waals surface area contributed by atoms with Gasteiger partial charge in [0.05, 0.1) is 13.2 Å². The van der Waals surface area contributed by atoms with Gasteiger partial charge >= 0.3 is 0 Å². The Morgan fingerprint density at radius 2 is 1.76 bits per heavy atom. The summed E-state index contributed by atoms with van der Waals surface area (Å²) in [6.45, 7) is 4.99. The zero-order chi connectivity index (χ0) is 12.1. The summed E-state index contributed by atoms with van der Waals surface area (Å²) in [4.78, 5) is 12.3. The Bertz CT molecular complexity index is 370. The van der Waals surface area contributed by atoms with Crippen molar-refractivity contribution in [3.05, 3.63) is 42.5 Å². The molecule has 0 unspecified atom stereocenters. The largest absolute Gasteiger partial charge is 0.631 e. The molecule has 1 saturated heterocycles. The van der Waals surface area contributed by atoms with Crippen LogP contribution < -0.4 is 4.89 Å². The molecule has 0 spiro atoms. The first-order valence-corrected chi connectivity index (χ1v) is 7.54. The minimum atomic E-state index is -2.98. The summed E-state index contributed by atoms with van der Waals surface area (Å²) in [5.74, 6) is 0. The highest BCUT2D eigenvalue weighted by Gasteiger charge is 2.32. The number of hydrogen-bond donors (Lipinski definition) is 0. The topological polar surface area (TPSA) is 41.5 Å². The molecule has 0 aliphatic carbocycles. The van der Waals surface area contributed by atoms with Gasteiger partial charge in [-0.3, -0.25) is 0 Å². The molecule has 0 saturated carbocycles. The van der Waals surface area contributed by atoms with Crippen molar-refractivity contribution in [1.82, 2.24) is 0 Å². The van der Waals surface area contributed by atoms with Crippen LogP contribution in [0.15, 0.2) is 36.9 Å². The van der Waals surface area contributed by atoms with Crippen molar-refractivity contribution in [3.63, 3.8) is 0 Å². The molecule has 0 aromatic heterocycles. The maximum absolute atomic E-state index is 12.3. The lowest BCUT2D eigenvalue weighted by Crippen LogP contribution is -2.18. The van der Waals surface area contributed by atoms with Crippen LogP contribution in [-0.4, -0.2) is 19.4 Å². The van der Waals surface area contributed by atoms with Crippen LogP contribution in [0.1, 0.15) is 18.4 Å². The van der Waals surface area contributed by atoms with E-state index >= 15 is 0 Å². The molecule has 0 radical (unpaired) electrons. The molecule has 0 amide bonds. The zero-order valence-corrected chi connectivity index (χ0v) is 10.7. The molecule has 0 N–H and O–H groups in total. The van der Waals surface area contributed by atoms with Crippen LogP contribution in [0.5, 0.6) is 0 Å². The Kier molecular flexibility index (Phi) is 4.30. The van der Waals surface area contributed by atoms with Crippen molar-refractivity contribution in [2.24, 2.45) is 0 Å². The van der Waals surface area contributed by atoms with E-state index in [0.717, 1.165) is 24.0 Å². The van der Waals surface area contributed by atoms with Gasteiger partial charge in [0.2, 0.25) is 7.94 Å². The van der Waals surface area contributed by atoms with Crippen molar-refractivity contribution in [2.45, 2.75) is 12.8 Å². The molecule has 1 heterocycles. The number of hydrogen-bond acceptors (Lipinski definition) is 3. The molecular formula is C13H17O3P. The molecule has 0 atom stereocenters. The van der Waals surface area contributed by atoms with E-state index < -0.39 is 7.94 Å². The van der Waals surface area contributed by atoms with Crippen LogP contribution in [0.25, 0.3) is 5.57 Å². The number of rotatable bonds is 3. The van der Waals surface area contributed by atoms with E-state index in [0.29, 0.717) is 13.2 Å². The Labute approximate surface area is 103 Å². The highest BCUT2D eigenvalue weighted by molar-refractivity contribution is 7.59. The van der Waals surface area contributed by atoms with E-state index in [1.807, 2.05) is 30.3 Å². The molecular weight excluding hydrogens is 235 g/mol. The molecule has 3 nitrogen and oxygen atoms in total. The first-order chi connectivity index (χ1) is 8.20. The third-order valence-corrected chi connectivity index (χ3v) is 4.60. The second-order valence-corrected chi connectivity index (χ2v) is 6.17. The van der Waals surface area contributed by atoms with E-state index in [1.165, 1.54) is 0 Å². The molecule has 1 aliphatic heterocycles. The lowest BCUT2D eigenvalue weighted by Gasteiger charge is -2.26. The Morgan fingerprint density at radius 1 is 1.18 bits per heavy atom. The molecule has 4 heteroatoms. The van der Waals surface area contributed by atoms with Crippen LogP contribution in [0.2, 0.25) is 0 Å². The van der Waals surface area contributed by atoms with Crippen LogP contribution in [-0.2, 0) is 9.05 Å². The molecule has 2 rings (SSSR count). The zero-order valence-electron chi connectivity index (χ0n) is 9.80. The minimum absolute atomic E-state index is 0.275. The van der Waals surface area contributed by atoms with Gasteiger partial charge in [-0.1, -0.05) is 36.9 Å². The van der Waals surface area contributed by atoms with Crippen LogP contribution in [0, 0.1) is 0 Å². The fraction of sp³-hybridized carbons (Fsp3) is 0.385. The summed E-state index contributed by atoms with van der Waals surface area (Å²) in [5.41, 5.74) is 1.79. The minimum Gasteiger partial charge on any atom is -0.631 e. The molecule has 1 fully saturated rings. The summed E-state index contributed by atoms with van der Waals surface area (Å²) >= 11 is 0. The van der Waals surface area contributed by atoms with Gasteiger partial charge in [0.15, 0.2) is 0 Å². The van der Waals surface area contributed by atoms with Crippen molar-refractivity contribution in [2.75, 3.05) is 19.4 Å². The third kappa shape index (κ3) is 3.62. The average molecular weight is 252 g/mol. The predicted molar refractivity (Wildman–Crippen MR) is 68.4 cm³/mol. The fourth-order valence-electron chi connectivity index (χ4n) is 1.74. The van der Waals surface area contributed by atoms with Gasteiger partial charge in [-0.15, -0.1) is 0 Å². The molecule has 17 heavy (non-hydrogen) atoms. The van der Waals surface area contributed by atoms with E-state index in [1.54, 1.807) is 0 Å². The Morgan fingerprint density at radius 3 is 2.35 bits per heavy atom. The molecule has 1 aromatic carbocycles. The third-order valence-electron chi connectivity index (χ3n) is 2.68. The van der Waals surface area contributed by atoms with Crippen molar-refractivity contribution < 1.29 is 13.9 Å². The van der Waals surface area contributed by atoms with E-state index in [-0.39, 0.29) is 6.16 Å². The lowest BCUT2D eigenvalue weighted by molar-refractivity contribution is -0.216. The smallest absolute Gasteiger partial charge is 0.242 e. The first-order valence-electron chi connectivity index (χ1n) is 5.81. The predicted octanol–water partition coefficient (Wildman–Crippen LogP) is 2.65. The molecule has 1 aliphatic rings. The fourth-order valence-corrected chi connectivity index (χ4v) is 3.46. The summed E-state index contributed by atoms with van der Waals surface area (Å²) in [6, 6.07) is 9.71. The summed E-state index contributed by atoms with van der Waals surface area (Å²) in [5, 5.41) is 0. The number of benzene rings is 1. The standard InChI is InChI=1S/C13H17O3P/c1-12(13-7-3-2-4-8-13)11-17(14)15-9-5-6-10-16-17/h2-4,7-8H,1,5-6,9-11H2. The first kappa shape index (κ1) is 12.7. The quantitative estimate of drug-likeness (QED) is 0.776. The van der Waals surface area contributed by atoms with Crippen molar-refractivity contribution in [1.29, 1.82) is 0 Å². The normalized spacial score (nSPS) is 19.6. The summed E-state index contributed by atoms with van der Waals surface area (Å²) in [7, 11) is -2.98. The van der Waals surface area contributed by atoms with Crippen molar-refractivity contribution in [3.8, 4) is 0 Å². The highest BCUT2D eigenvalue weighted by atomic mass is 31.2. The van der Waals surface area contributed by atoms with Crippen LogP contribution >= 0.6 is 7.94 Å². The summed E-state index contributed by atoms with van der Waals surface area (Å²) in [6.07, 6.45) is 2.08. The monoisotopic (exact) mass is 252 g/mol. The van der Waals surface area contributed by atoms with E-state index in [4.69, 9.17) is 9.05 Å². The second kappa shape index (κ2) is 5.74. The van der Waals surface area contributed by atoms with Gasteiger partial charge in [-0.25, -0.2) is 9.05 Å². The van der Waals surface area contributed by atoms with Gasteiger partial charge in [0.1, 0.15) is 6.16 Å². The van der Waals surface area contributed by atoms with Gasteiger partial charge in [-0.2, -0.15) is 0 Å².